The molecule has 0 aliphatic heterocycles. The Morgan fingerprint density at radius 2 is 1.40 bits per heavy atom. The van der Waals surface area contributed by atoms with Gasteiger partial charge in [0.05, 0.1) is 18.1 Å². The molecule has 48 heavy (non-hydrogen) atoms. The Balaban J connectivity index is 1.74. The molecule has 0 fully saturated rings. The zero-order valence-corrected chi connectivity index (χ0v) is 27.7. The van der Waals surface area contributed by atoms with Crippen LogP contribution in [-0.4, -0.2) is 44.0 Å². The fourth-order valence-electron chi connectivity index (χ4n) is 5.33. The molecule has 10 heteroatoms. The van der Waals surface area contributed by atoms with E-state index in [4.69, 9.17) is 14.2 Å². The summed E-state index contributed by atoms with van der Waals surface area (Å²) >= 11 is 0. The van der Waals surface area contributed by atoms with Gasteiger partial charge in [0, 0.05) is 13.2 Å². The third-order valence-electron chi connectivity index (χ3n) is 8.01. The van der Waals surface area contributed by atoms with Crippen LogP contribution in [0.5, 0.6) is 5.75 Å². The van der Waals surface area contributed by atoms with Crippen molar-refractivity contribution in [3.63, 3.8) is 0 Å². The number of alkyl halides is 3. The van der Waals surface area contributed by atoms with Crippen molar-refractivity contribution in [1.29, 1.82) is 0 Å². The van der Waals surface area contributed by atoms with Gasteiger partial charge in [0.1, 0.15) is 11.6 Å². The fourth-order valence-corrected chi connectivity index (χ4v) is 5.33. The molecule has 0 radical (unpaired) electrons. The molecule has 1 atom stereocenters. The summed E-state index contributed by atoms with van der Waals surface area (Å²) in [5.74, 6) is -3.30. The number of carbonyl (C=O) groups is 2. The second-order valence-corrected chi connectivity index (χ2v) is 11.7. The summed E-state index contributed by atoms with van der Waals surface area (Å²) < 4.78 is 72.0. The zero-order chi connectivity index (χ0) is 34.9. The van der Waals surface area contributed by atoms with Gasteiger partial charge in [-0.3, -0.25) is 0 Å². The minimum absolute atomic E-state index is 0.149. The lowest BCUT2D eigenvalue weighted by atomic mass is 9.92. The molecule has 0 aromatic heterocycles. The Hall–Kier alpha value is -3.92. The number of carboxylic acid groups (broad SMARTS) is 1. The molecule has 0 bridgehead atoms. The Kier molecular flexibility index (Phi) is 15.9. The summed E-state index contributed by atoms with van der Waals surface area (Å²) in [5.41, 5.74) is 0.979. The normalized spacial score (nSPS) is 12.1. The van der Waals surface area contributed by atoms with Crippen LogP contribution in [0.25, 0.3) is 22.3 Å². The number of benzene rings is 3. The van der Waals surface area contributed by atoms with Gasteiger partial charge in [-0.15, -0.1) is 0 Å². The van der Waals surface area contributed by atoms with E-state index in [2.05, 4.69) is 6.92 Å². The van der Waals surface area contributed by atoms with E-state index in [0.29, 0.717) is 55.1 Å². The number of halogens is 4. The molecule has 0 aliphatic carbocycles. The molecular weight excluding hydrogens is 628 g/mol. The molecule has 0 aliphatic rings. The first-order chi connectivity index (χ1) is 23.0. The Labute approximate surface area is 280 Å². The van der Waals surface area contributed by atoms with Crippen molar-refractivity contribution in [2.24, 2.45) is 0 Å². The van der Waals surface area contributed by atoms with E-state index in [9.17, 15) is 27.9 Å². The SMILES string of the molecule is CCCCCCCCCOc1ccc(-c2ccc(C(=O)[O-])cc2-c2ccc(C(=O)OC(CCCCCOCC)C(F)(F)F)c(F)c2)cc1. The molecular formula is C38H45F4O6-. The van der Waals surface area contributed by atoms with Crippen LogP contribution in [-0.2, 0) is 9.47 Å². The number of ether oxygens (including phenoxy) is 3. The summed E-state index contributed by atoms with van der Waals surface area (Å²) in [6, 6.07) is 14.8. The Bertz CT molecular complexity index is 1440. The van der Waals surface area contributed by atoms with Crippen LogP contribution in [0.2, 0.25) is 0 Å². The van der Waals surface area contributed by atoms with Crippen LogP contribution in [0.4, 0.5) is 17.6 Å². The maximum absolute atomic E-state index is 15.3. The molecule has 0 heterocycles. The van der Waals surface area contributed by atoms with Gasteiger partial charge in [0.2, 0.25) is 0 Å². The van der Waals surface area contributed by atoms with Gasteiger partial charge < -0.3 is 24.1 Å². The summed E-state index contributed by atoms with van der Waals surface area (Å²) in [6.07, 6.45) is 1.70. The molecule has 6 nitrogen and oxygen atoms in total. The van der Waals surface area contributed by atoms with E-state index in [1.165, 1.54) is 50.3 Å². The van der Waals surface area contributed by atoms with Crippen molar-refractivity contribution < 1.29 is 46.5 Å². The average Bonchev–Trinajstić information content (AvgIpc) is 3.06. The first-order valence-electron chi connectivity index (χ1n) is 16.8. The minimum Gasteiger partial charge on any atom is -0.545 e. The van der Waals surface area contributed by atoms with E-state index in [1.54, 1.807) is 30.3 Å². The molecule has 262 valence electrons. The lowest BCUT2D eigenvalue weighted by molar-refractivity contribution is -0.255. The molecule has 0 spiro atoms. The van der Waals surface area contributed by atoms with Gasteiger partial charge in [-0.25, -0.2) is 9.18 Å². The van der Waals surface area contributed by atoms with E-state index >= 15 is 4.39 Å². The molecule has 3 rings (SSSR count). The number of esters is 1. The highest BCUT2D eigenvalue weighted by Gasteiger charge is 2.42. The van der Waals surface area contributed by atoms with Crippen molar-refractivity contribution >= 4 is 11.9 Å². The third kappa shape index (κ3) is 12.3. The summed E-state index contributed by atoms with van der Waals surface area (Å²) in [6.45, 7) is 5.54. The van der Waals surface area contributed by atoms with Crippen molar-refractivity contribution in [3.8, 4) is 28.0 Å². The number of carbonyl (C=O) groups excluding carboxylic acids is 2. The smallest absolute Gasteiger partial charge is 0.425 e. The van der Waals surface area contributed by atoms with Crippen LogP contribution < -0.4 is 9.84 Å². The van der Waals surface area contributed by atoms with E-state index in [0.717, 1.165) is 25.0 Å². The van der Waals surface area contributed by atoms with E-state index < -0.39 is 42.0 Å². The monoisotopic (exact) mass is 673 g/mol. The van der Waals surface area contributed by atoms with Crippen molar-refractivity contribution in [1.82, 2.24) is 0 Å². The number of unbranched alkanes of at least 4 members (excludes halogenated alkanes) is 8. The predicted molar refractivity (Wildman–Crippen MR) is 175 cm³/mol. The number of carboxylic acids is 1. The van der Waals surface area contributed by atoms with Gasteiger partial charge in [0.25, 0.3) is 0 Å². The van der Waals surface area contributed by atoms with Crippen molar-refractivity contribution in [2.45, 2.75) is 96.8 Å². The second-order valence-electron chi connectivity index (χ2n) is 11.7. The second kappa shape index (κ2) is 19.8. The van der Waals surface area contributed by atoms with Crippen molar-refractivity contribution in [2.75, 3.05) is 19.8 Å². The molecule has 0 saturated carbocycles. The molecule has 0 amide bonds. The van der Waals surface area contributed by atoms with Crippen LogP contribution in [0.1, 0.15) is 105 Å². The predicted octanol–water partition coefficient (Wildman–Crippen LogP) is 9.34. The number of hydrogen-bond donors (Lipinski definition) is 0. The Morgan fingerprint density at radius 1 is 0.750 bits per heavy atom. The number of rotatable bonds is 21. The van der Waals surface area contributed by atoms with Crippen LogP contribution in [0.15, 0.2) is 60.7 Å². The molecule has 3 aromatic carbocycles. The van der Waals surface area contributed by atoms with Gasteiger partial charge in [-0.05, 0) is 90.8 Å². The first-order valence-corrected chi connectivity index (χ1v) is 16.8. The van der Waals surface area contributed by atoms with Gasteiger partial charge in [0.15, 0.2) is 6.10 Å². The maximum atomic E-state index is 15.3. The van der Waals surface area contributed by atoms with Gasteiger partial charge in [-0.1, -0.05) is 82.2 Å². The molecule has 0 N–H and O–H groups in total. The van der Waals surface area contributed by atoms with E-state index in [-0.39, 0.29) is 17.5 Å². The van der Waals surface area contributed by atoms with Crippen molar-refractivity contribution in [3.05, 3.63) is 77.6 Å². The van der Waals surface area contributed by atoms with Crippen LogP contribution >= 0.6 is 0 Å². The summed E-state index contributed by atoms with van der Waals surface area (Å²) in [5, 5.41) is 11.7. The lowest BCUT2D eigenvalue weighted by Crippen LogP contribution is -2.34. The van der Waals surface area contributed by atoms with Gasteiger partial charge in [-0.2, -0.15) is 13.2 Å². The molecule has 0 saturated heterocycles. The first kappa shape index (κ1) is 38.5. The molecule has 3 aromatic rings. The standard InChI is InChI=1S/C38H46F4O6/c1-3-5-6-7-8-9-13-24-47-30-19-15-27(16-20-30)31-21-18-29(36(43)44)25-33(31)28-17-22-32(34(39)26-28)37(45)48-35(38(40,41)42)14-11-10-12-23-46-4-2/h15-22,25-26,35H,3-14,23-24H2,1-2H3,(H,43,44)/p-1. The number of aromatic carboxylic acids is 1. The average molecular weight is 674 g/mol. The highest BCUT2D eigenvalue weighted by atomic mass is 19.4. The fraction of sp³-hybridized carbons (Fsp3) is 0.474. The van der Waals surface area contributed by atoms with Crippen LogP contribution in [0.3, 0.4) is 0 Å². The zero-order valence-electron chi connectivity index (χ0n) is 27.7. The quantitative estimate of drug-likeness (QED) is 0.0637. The van der Waals surface area contributed by atoms with Crippen LogP contribution in [0, 0.1) is 5.82 Å². The highest BCUT2D eigenvalue weighted by molar-refractivity contribution is 5.94. The minimum atomic E-state index is -4.82. The third-order valence-corrected chi connectivity index (χ3v) is 8.01. The lowest BCUT2D eigenvalue weighted by Gasteiger charge is -2.21. The molecule has 1 unspecified atom stereocenters. The topological polar surface area (TPSA) is 84.9 Å². The summed E-state index contributed by atoms with van der Waals surface area (Å²) in [4.78, 5) is 24.4. The largest absolute Gasteiger partial charge is 0.545 e. The van der Waals surface area contributed by atoms with Gasteiger partial charge >= 0.3 is 12.1 Å². The Morgan fingerprint density at radius 3 is 2.04 bits per heavy atom. The van der Waals surface area contributed by atoms with E-state index in [1.807, 2.05) is 6.92 Å². The maximum Gasteiger partial charge on any atom is 0.425 e. The highest BCUT2D eigenvalue weighted by Crippen LogP contribution is 2.35. The number of hydrogen-bond acceptors (Lipinski definition) is 6. The summed E-state index contributed by atoms with van der Waals surface area (Å²) in [7, 11) is 0.